The molecule has 7 nitrogen and oxygen atoms in total. The highest BCUT2D eigenvalue weighted by Gasteiger charge is 2.30. The highest BCUT2D eigenvalue weighted by molar-refractivity contribution is 7.89. The molecule has 1 fully saturated rings. The summed E-state index contributed by atoms with van der Waals surface area (Å²) in [5, 5.41) is 13.7. The molecule has 21 heavy (non-hydrogen) atoms. The summed E-state index contributed by atoms with van der Waals surface area (Å²) in [7, 11) is -2.44. The molecule has 0 spiro atoms. The summed E-state index contributed by atoms with van der Waals surface area (Å²) in [5.41, 5.74) is -0.740. The Hall–Kier alpha value is -1.58. The van der Waals surface area contributed by atoms with Gasteiger partial charge < -0.3 is 5.32 Å². The summed E-state index contributed by atoms with van der Waals surface area (Å²) in [5.74, 6) is -1.16. The van der Waals surface area contributed by atoms with Crippen LogP contribution in [0.5, 0.6) is 0 Å². The van der Waals surface area contributed by atoms with Crippen molar-refractivity contribution >= 4 is 15.7 Å². The molecule has 1 N–H and O–H groups in total. The molecule has 1 aromatic carbocycles. The van der Waals surface area contributed by atoms with Crippen LogP contribution < -0.4 is 5.32 Å². The van der Waals surface area contributed by atoms with Gasteiger partial charge in [-0.25, -0.2) is 8.42 Å². The van der Waals surface area contributed by atoms with Gasteiger partial charge in [0.25, 0.3) is 0 Å². The maximum absolute atomic E-state index is 13.6. The summed E-state index contributed by atoms with van der Waals surface area (Å²) in [6, 6.07) is 2.42. The van der Waals surface area contributed by atoms with Crippen LogP contribution in [-0.2, 0) is 10.0 Å². The molecule has 0 aliphatic carbocycles. The third-order valence-electron chi connectivity index (χ3n) is 3.58. The van der Waals surface area contributed by atoms with Gasteiger partial charge >= 0.3 is 5.69 Å². The van der Waals surface area contributed by atoms with E-state index in [4.69, 9.17) is 0 Å². The summed E-state index contributed by atoms with van der Waals surface area (Å²) in [6.45, 7) is 1.38. The molecule has 9 heteroatoms. The number of likely N-dealkylation sites (N-methyl/N-ethyl adjacent to an activating group) is 1. The molecule has 0 radical (unpaired) electrons. The van der Waals surface area contributed by atoms with E-state index in [0.717, 1.165) is 31.5 Å². The van der Waals surface area contributed by atoms with Crippen molar-refractivity contribution in [2.45, 2.75) is 23.8 Å². The molecule has 116 valence electrons. The van der Waals surface area contributed by atoms with Crippen LogP contribution in [0.15, 0.2) is 23.1 Å². The van der Waals surface area contributed by atoms with E-state index in [9.17, 15) is 22.9 Å². The molecule has 1 aromatic rings. The van der Waals surface area contributed by atoms with Crippen LogP contribution in [0, 0.1) is 15.9 Å². The SMILES string of the molecule is CN(C1CCCNC1)S(=O)(=O)c1ccc([N+](=O)[O-])c(F)c1. The van der Waals surface area contributed by atoms with E-state index in [-0.39, 0.29) is 10.9 Å². The number of halogens is 1. The summed E-state index contributed by atoms with van der Waals surface area (Å²) >= 11 is 0. The summed E-state index contributed by atoms with van der Waals surface area (Å²) in [4.78, 5) is 9.39. The second-order valence-electron chi connectivity index (χ2n) is 4.89. The molecule has 0 aromatic heterocycles. The van der Waals surface area contributed by atoms with Gasteiger partial charge in [-0.05, 0) is 25.5 Å². The van der Waals surface area contributed by atoms with Crippen molar-refractivity contribution in [2.75, 3.05) is 20.1 Å². The Bertz CT molecular complexity index is 644. The lowest BCUT2D eigenvalue weighted by Crippen LogP contribution is -2.46. The molecule has 2 rings (SSSR count). The Morgan fingerprint density at radius 2 is 2.19 bits per heavy atom. The Kier molecular flexibility index (Phi) is 4.55. The predicted molar refractivity (Wildman–Crippen MR) is 73.9 cm³/mol. The van der Waals surface area contributed by atoms with E-state index in [1.807, 2.05) is 0 Å². The molecule has 1 aliphatic rings. The van der Waals surface area contributed by atoms with Crippen LogP contribution in [-0.4, -0.2) is 43.8 Å². The van der Waals surface area contributed by atoms with Crippen LogP contribution in [0.3, 0.4) is 0 Å². The fraction of sp³-hybridized carbons (Fsp3) is 0.500. The van der Waals surface area contributed by atoms with E-state index in [1.165, 1.54) is 11.4 Å². The Balaban J connectivity index is 2.30. The van der Waals surface area contributed by atoms with Crippen molar-refractivity contribution in [2.24, 2.45) is 0 Å². The van der Waals surface area contributed by atoms with Crippen molar-refractivity contribution < 1.29 is 17.7 Å². The first-order valence-corrected chi connectivity index (χ1v) is 7.90. The summed E-state index contributed by atoms with van der Waals surface area (Å²) in [6.07, 6.45) is 1.58. The highest BCUT2D eigenvalue weighted by Crippen LogP contribution is 2.24. The maximum atomic E-state index is 13.6. The zero-order valence-corrected chi connectivity index (χ0v) is 12.3. The van der Waals surface area contributed by atoms with Gasteiger partial charge in [0.15, 0.2) is 0 Å². The number of nitrogens with zero attached hydrogens (tertiary/aromatic N) is 2. The van der Waals surface area contributed by atoms with Crippen LogP contribution in [0.1, 0.15) is 12.8 Å². The van der Waals surface area contributed by atoms with E-state index in [2.05, 4.69) is 5.32 Å². The number of sulfonamides is 1. The first-order valence-electron chi connectivity index (χ1n) is 6.46. The molecule has 1 atom stereocenters. The second-order valence-corrected chi connectivity index (χ2v) is 6.89. The third-order valence-corrected chi connectivity index (χ3v) is 5.48. The lowest BCUT2D eigenvalue weighted by atomic mass is 10.1. The Labute approximate surface area is 122 Å². The third kappa shape index (κ3) is 3.20. The number of rotatable bonds is 4. The molecule has 1 saturated heterocycles. The van der Waals surface area contributed by atoms with E-state index in [0.29, 0.717) is 12.6 Å². The number of hydrogen-bond donors (Lipinski definition) is 1. The molecule has 0 bridgehead atoms. The number of hydrogen-bond acceptors (Lipinski definition) is 5. The Morgan fingerprint density at radius 1 is 1.48 bits per heavy atom. The van der Waals surface area contributed by atoms with Crippen molar-refractivity contribution in [1.82, 2.24) is 9.62 Å². The number of piperidine rings is 1. The smallest absolute Gasteiger partial charge is 0.304 e. The monoisotopic (exact) mass is 317 g/mol. The van der Waals surface area contributed by atoms with Gasteiger partial charge in [-0.3, -0.25) is 10.1 Å². The van der Waals surface area contributed by atoms with Gasteiger partial charge in [-0.15, -0.1) is 0 Å². The van der Waals surface area contributed by atoms with Crippen molar-refractivity contribution in [3.05, 3.63) is 34.1 Å². The lowest BCUT2D eigenvalue weighted by molar-refractivity contribution is -0.387. The first-order chi connectivity index (χ1) is 9.84. The quantitative estimate of drug-likeness (QED) is 0.663. The molecule has 1 unspecified atom stereocenters. The van der Waals surface area contributed by atoms with Crippen LogP contribution in [0.4, 0.5) is 10.1 Å². The lowest BCUT2D eigenvalue weighted by Gasteiger charge is -2.30. The van der Waals surface area contributed by atoms with Crippen molar-refractivity contribution in [1.29, 1.82) is 0 Å². The van der Waals surface area contributed by atoms with Gasteiger partial charge in [0, 0.05) is 31.8 Å². The number of nitrogens with one attached hydrogen (secondary N) is 1. The minimum atomic E-state index is -3.87. The fourth-order valence-electron chi connectivity index (χ4n) is 2.30. The van der Waals surface area contributed by atoms with E-state index < -0.39 is 26.5 Å². The number of nitro benzene ring substituents is 1. The van der Waals surface area contributed by atoms with Crippen molar-refractivity contribution in [3.63, 3.8) is 0 Å². The molecule has 1 aliphatic heterocycles. The van der Waals surface area contributed by atoms with Crippen molar-refractivity contribution in [3.8, 4) is 0 Å². The van der Waals surface area contributed by atoms with Gasteiger partial charge in [-0.2, -0.15) is 8.70 Å². The average molecular weight is 317 g/mol. The zero-order chi connectivity index (χ0) is 15.6. The first kappa shape index (κ1) is 15.8. The van der Waals surface area contributed by atoms with Crippen LogP contribution in [0.2, 0.25) is 0 Å². The fourth-order valence-corrected chi connectivity index (χ4v) is 3.70. The summed E-state index contributed by atoms with van der Waals surface area (Å²) < 4.78 is 39.6. The zero-order valence-electron chi connectivity index (χ0n) is 11.5. The predicted octanol–water partition coefficient (Wildman–Crippen LogP) is 1.11. The van der Waals surface area contributed by atoms with Gasteiger partial charge in [0.2, 0.25) is 15.8 Å². The average Bonchev–Trinajstić information content (AvgIpc) is 2.46. The molecular formula is C12H16FN3O4S. The standard InChI is InChI=1S/C12H16FN3O4S/c1-15(9-3-2-6-14-8-9)21(19,20)10-4-5-12(16(17)18)11(13)7-10/h4-5,7,9,14H,2-3,6,8H2,1H3. The van der Waals surface area contributed by atoms with Gasteiger partial charge in [0.1, 0.15) is 0 Å². The minimum absolute atomic E-state index is 0.206. The normalized spacial score (nSPS) is 19.7. The highest BCUT2D eigenvalue weighted by atomic mass is 32.2. The largest absolute Gasteiger partial charge is 0.315 e. The van der Waals surface area contributed by atoms with Gasteiger partial charge in [-0.1, -0.05) is 0 Å². The Morgan fingerprint density at radius 3 is 2.71 bits per heavy atom. The number of nitro groups is 1. The maximum Gasteiger partial charge on any atom is 0.304 e. The topological polar surface area (TPSA) is 92.6 Å². The molecule has 1 heterocycles. The van der Waals surface area contributed by atoms with E-state index in [1.54, 1.807) is 0 Å². The van der Waals surface area contributed by atoms with Gasteiger partial charge in [0.05, 0.1) is 9.82 Å². The molecular weight excluding hydrogens is 301 g/mol. The van der Waals surface area contributed by atoms with E-state index >= 15 is 0 Å². The molecule has 0 amide bonds. The minimum Gasteiger partial charge on any atom is -0.315 e. The van der Waals surface area contributed by atoms with Crippen LogP contribution in [0.25, 0.3) is 0 Å². The van der Waals surface area contributed by atoms with Crippen LogP contribution >= 0.6 is 0 Å². The number of benzene rings is 1. The second kappa shape index (κ2) is 6.04. The molecule has 0 saturated carbocycles.